The van der Waals surface area contributed by atoms with E-state index >= 15 is 0 Å². The third-order valence-electron chi connectivity index (χ3n) is 6.61. The number of hydrogen-bond acceptors (Lipinski definition) is 10. The van der Waals surface area contributed by atoms with Crippen molar-refractivity contribution < 1.29 is 23.5 Å². The fraction of sp³-hybridized carbons (Fsp3) is 0.310. The highest BCUT2D eigenvalue weighted by atomic mass is 35.5. The molecule has 1 atom stereocenters. The number of ketones is 1. The van der Waals surface area contributed by atoms with Gasteiger partial charge in [0.05, 0.1) is 35.5 Å². The quantitative estimate of drug-likeness (QED) is 0.252. The monoisotopic (exact) mass is 607 g/mol. The summed E-state index contributed by atoms with van der Waals surface area (Å²) in [7, 11) is 1.15. The molecule has 0 saturated carbocycles. The Hall–Kier alpha value is -4.91. The van der Waals surface area contributed by atoms with E-state index in [1.165, 1.54) is 12.4 Å². The van der Waals surface area contributed by atoms with E-state index in [0.717, 1.165) is 11.7 Å². The van der Waals surface area contributed by atoms with Crippen LogP contribution >= 0.6 is 11.6 Å². The molecule has 0 radical (unpaired) electrons. The van der Waals surface area contributed by atoms with Gasteiger partial charge in [-0.3, -0.25) is 29.3 Å². The number of anilines is 1. The van der Waals surface area contributed by atoms with Crippen LogP contribution in [0.3, 0.4) is 0 Å². The first-order valence-corrected chi connectivity index (χ1v) is 13.6. The fourth-order valence-electron chi connectivity index (χ4n) is 4.16. The highest BCUT2D eigenvalue weighted by Gasteiger charge is 2.35. The molecule has 4 rings (SSSR count). The highest BCUT2D eigenvalue weighted by Crippen LogP contribution is 2.30. The van der Waals surface area contributed by atoms with Crippen molar-refractivity contribution in [3.63, 3.8) is 0 Å². The molecule has 3 heterocycles. The predicted octanol–water partition coefficient (Wildman–Crippen LogP) is 3.87. The van der Waals surface area contributed by atoms with Crippen molar-refractivity contribution in [2.45, 2.75) is 45.7 Å². The number of rotatable bonds is 10. The number of halogens is 1. The number of methoxy groups -OCH3 is 1. The standard InChI is InChI=1S/C29H30ClN7O6/c1-16(2)22(23(39)25-35-36-27(43-25)29(3,4)20-12-11-18(30)13-31-20)34-21(38)15-37-24(17-9-7-6-8-10-17)32-14-19(26(37)40)33-28(41)42-5/h6-14,16,22H,15H2,1-5H3,(H,33,41)(H,34,38)/t22-/m0/s1. The second kappa shape index (κ2) is 12.9. The zero-order valence-corrected chi connectivity index (χ0v) is 24.9. The fourth-order valence-corrected chi connectivity index (χ4v) is 4.28. The molecule has 0 saturated heterocycles. The summed E-state index contributed by atoms with van der Waals surface area (Å²) in [6.45, 7) is 6.60. The van der Waals surface area contributed by atoms with Crippen molar-refractivity contribution in [1.29, 1.82) is 0 Å². The molecule has 43 heavy (non-hydrogen) atoms. The van der Waals surface area contributed by atoms with Gasteiger partial charge in [-0.2, -0.15) is 0 Å². The minimum Gasteiger partial charge on any atom is -0.453 e. The zero-order valence-electron chi connectivity index (χ0n) is 24.1. The minimum atomic E-state index is -1.06. The van der Waals surface area contributed by atoms with Crippen molar-refractivity contribution in [1.82, 2.24) is 30.0 Å². The van der Waals surface area contributed by atoms with Crippen molar-refractivity contribution in [2.75, 3.05) is 12.4 Å². The van der Waals surface area contributed by atoms with Gasteiger partial charge in [0.25, 0.3) is 11.4 Å². The molecule has 0 bridgehead atoms. The Kier molecular flexibility index (Phi) is 9.34. The maximum atomic E-state index is 13.5. The van der Waals surface area contributed by atoms with Crippen LogP contribution in [0.15, 0.2) is 64.1 Å². The van der Waals surface area contributed by atoms with Gasteiger partial charge in [0, 0.05) is 11.8 Å². The van der Waals surface area contributed by atoms with E-state index in [4.69, 9.17) is 16.0 Å². The molecule has 224 valence electrons. The molecule has 0 fully saturated rings. The summed E-state index contributed by atoms with van der Waals surface area (Å²) in [6, 6.07) is 11.1. The average Bonchev–Trinajstić information content (AvgIpc) is 3.50. The Morgan fingerprint density at radius 3 is 2.40 bits per heavy atom. The Bertz CT molecular complexity index is 1680. The van der Waals surface area contributed by atoms with Crippen molar-refractivity contribution in [3.05, 3.63) is 87.7 Å². The number of amides is 2. The number of hydrogen-bond donors (Lipinski definition) is 2. The van der Waals surface area contributed by atoms with E-state index in [-0.39, 0.29) is 29.2 Å². The van der Waals surface area contributed by atoms with Gasteiger partial charge in [0.2, 0.25) is 17.6 Å². The number of Topliss-reactive ketones (excluding diaryl/α,β-unsaturated/α-hetero) is 1. The van der Waals surface area contributed by atoms with Crippen LogP contribution in [0.1, 0.15) is 50.0 Å². The van der Waals surface area contributed by atoms with E-state index < -0.39 is 41.3 Å². The minimum absolute atomic E-state index is 0.152. The van der Waals surface area contributed by atoms with Crippen LogP contribution in [0.5, 0.6) is 0 Å². The summed E-state index contributed by atoms with van der Waals surface area (Å²) >= 11 is 5.96. The smallest absolute Gasteiger partial charge is 0.411 e. The number of aromatic nitrogens is 5. The lowest BCUT2D eigenvalue weighted by Gasteiger charge is -2.21. The molecule has 3 aromatic heterocycles. The summed E-state index contributed by atoms with van der Waals surface area (Å²) < 4.78 is 11.4. The number of benzene rings is 1. The second-order valence-electron chi connectivity index (χ2n) is 10.4. The van der Waals surface area contributed by atoms with Gasteiger partial charge < -0.3 is 14.5 Å². The molecule has 13 nitrogen and oxygen atoms in total. The predicted molar refractivity (Wildman–Crippen MR) is 157 cm³/mol. The van der Waals surface area contributed by atoms with Gasteiger partial charge in [-0.25, -0.2) is 9.78 Å². The summed E-state index contributed by atoms with van der Waals surface area (Å²) in [6.07, 6.45) is 1.81. The molecule has 0 unspecified atom stereocenters. The van der Waals surface area contributed by atoms with E-state index in [0.29, 0.717) is 16.3 Å². The first-order chi connectivity index (χ1) is 20.4. The number of nitrogens with one attached hydrogen (secondary N) is 2. The normalized spacial score (nSPS) is 12.1. The molecule has 2 N–H and O–H groups in total. The number of pyridine rings is 1. The lowest BCUT2D eigenvalue weighted by Crippen LogP contribution is -2.46. The van der Waals surface area contributed by atoms with Crippen molar-refractivity contribution in [3.8, 4) is 11.4 Å². The van der Waals surface area contributed by atoms with Crippen molar-refractivity contribution in [2.24, 2.45) is 5.92 Å². The lowest BCUT2D eigenvalue weighted by atomic mass is 9.89. The maximum Gasteiger partial charge on any atom is 0.411 e. The van der Waals surface area contributed by atoms with Crippen LogP contribution in [0.4, 0.5) is 10.5 Å². The Morgan fingerprint density at radius 1 is 1.05 bits per heavy atom. The molecule has 1 aromatic carbocycles. The summed E-state index contributed by atoms with van der Waals surface area (Å²) in [5.41, 5.74) is -0.554. The van der Waals surface area contributed by atoms with Crippen LogP contribution < -0.4 is 16.2 Å². The Labute approximate surface area is 251 Å². The Morgan fingerprint density at radius 2 is 1.77 bits per heavy atom. The van der Waals surface area contributed by atoms with Crippen LogP contribution in [0, 0.1) is 5.92 Å². The topological polar surface area (TPSA) is 171 Å². The lowest BCUT2D eigenvalue weighted by molar-refractivity contribution is -0.122. The third kappa shape index (κ3) is 6.95. The summed E-state index contributed by atoms with van der Waals surface area (Å²) in [5, 5.41) is 13.5. The number of carbonyl (C=O) groups is 3. The van der Waals surface area contributed by atoms with E-state index in [2.05, 4.69) is 35.5 Å². The molecule has 14 heteroatoms. The van der Waals surface area contributed by atoms with Gasteiger partial charge in [0.15, 0.2) is 0 Å². The first kappa shape index (κ1) is 31.0. The summed E-state index contributed by atoms with van der Waals surface area (Å²) in [4.78, 5) is 60.5. The molecule has 4 aromatic rings. The van der Waals surface area contributed by atoms with Gasteiger partial charge in [-0.15, -0.1) is 10.2 Å². The molecule has 0 spiro atoms. The molecule has 0 aliphatic carbocycles. The Balaban J connectivity index is 1.59. The third-order valence-corrected chi connectivity index (χ3v) is 6.83. The van der Waals surface area contributed by atoms with E-state index in [1.54, 1.807) is 56.3 Å². The van der Waals surface area contributed by atoms with E-state index in [9.17, 15) is 19.2 Å². The highest BCUT2D eigenvalue weighted by molar-refractivity contribution is 6.30. The largest absolute Gasteiger partial charge is 0.453 e. The number of nitrogens with zero attached hydrogens (tertiary/aromatic N) is 5. The molecule has 0 aliphatic heterocycles. The van der Waals surface area contributed by atoms with E-state index in [1.807, 2.05) is 13.8 Å². The average molecular weight is 608 g/mol. The van der Waals surface area contributed by atoms with Crippen LogP contribution in [-0.2, 0) is 21.5 Å². The second-order valence-corrected chi connectivity index (χ2v) is 10.9. The summed E-state index contributed by atoms with van der Waals surface area (Å²) in [5.74, 6) is -1.59. The first-order valence-electron chi connectivity index (χ1n) is 13.2. The number of ether oxygens (including phenoxy) is 1. The van der Waals surface area contributed by atoms with Crippen LogP contribution in [0.2, 0.25) is 5.02 Å². The molecular weight excluding hydrogens is 578 g/mol. The molecular formula is C29H30ClN7O6. The molecule has 2 amide bonds. The van der Waals surface area contributed by atoms with Crippen LogP contribution in [-0.4, -0.2) is 55.7 Å². The molecule has 0 aliphatic rings. The van der Waals surface area contributed by atoms with Crippen LogP contribution in [0.25, 0.3) is 11.4 Å². The van der Waals surface area contributed by atoms with Gasteiger partial charge in [-0.05, 0) is 31.9 Å². The van der Waals surface area contributed by atoms with Gasteiger partial charge in [0.1, 0.15) is 18.1 Å². The van der Waals surface area contributed by atoms with Gasteiger partial charge in [-0.1, -0.05) is 55.8 Å². The zero-order chi connectivity index (χ0) is 31.3. The van der Waals surface area contributed by atoms with Gasteiger partial charge >= 0.3 is 6.09 Å². The number of carbonyl (C=O) groups excluding carboxylic acids is 3. The SMILES string of the molecule is COC(=O)Nc1cnc(-c2ccccc2)n(CC(=O)N[C@H](C(=O)c2nnc(C(C)(C)c3ccc(Cl)cn3)o2)C(C)C)c1=O. The maximum absolute atomic E-state index is 13.5. The van der Waals surface area contributed by atoms with Crippen molar-refractivity contribution >= 4 is 35.1 Å².